The van der Waals surface area contributed by atoms with E-state index in [4.69, 9.17) is 17.3 Å². The molecule has 0 spiro atoms. The highest BCUT2D eigenvalue weighted by molar-refractivity contribution is 5.41. The molecule has 8 N–H and O–H groups in total. The zero-order chi connectivity index (χ0) is 12.3. The molecule has 2 aromatic rings. The molecule has 90 valence electrons. The maximum Gasteiger partial charge on any atom is 0.123 e. The molecular weight excluding hydrogens is 218 g/mol. The van der Waals surface area contributed by atoms with Crippen molar-refractivity contribution in [2.45, 2.75) is 12.5 Å². The average molecular weight is 233 g/mol. The number of aromatic nitrogens is 3. The highest BCUT2D eigenvalue weighted by atomic mass is 15.2. The third-order valence-electron chi connectivity index (χ3n) is 2.56. The Balaban J connectivity index is 2.19. The van der Waals surface area contributed by atoms with Crippen LogP contribution in [0.25, 0.3) is 0 Å². The van der Waals surface area contributed by atoms with Crippen LogP contribution in [0.2, 0.25) is 0 Å². The van der Waals surface area contributed by atoms with Gasteiger partial charge in [0.2, 0.25) is 0 Å². The Labute approximate surface area is 98.4 Å². The number of hydrogen-bond acceptors (Lipinski definition) is 6. The van der Waals surface area contributed by atoms with Crippen molar-refractivity contribution in [2.24, 2.45) is 5.84 Å². The van der Waals surface area contributed by atoms with E-state index in [-0.39, 0.29) is 6.04 Å². The maximum atomic E-state index is 5.75. The first kappa shape index (κ1) is 11.4. The summed E-state index contributed by atoms with van der Waals surface area (Å²) in [4.78, 5) is 3.94. The van der Waals surface area contributed by atoms with Crippen LogP contribution in [-0.2, 0) is 6.42 Å². The molecule has 7 nitrogen and oxygen atoms in total. The predicted octanol–water partition coefficient (Wildman–Crippen LogP) is -0.284. The van der Waals surface area contributed by atoms with E-state index in [1.807, 2.05) is 6.07 Å². The van der Waals surface area contributed by atoms with E-state index in [0.29, 0.717) is 18.1 Å². The van der Waals surface area contributed by atoms with Gasteiger partial charge in [0, 0.05) is 11.8 Å². The Morgan fingerprint density at radius 2 is 2.24 bits per heavy atom. The lowest BCUT2D eigenvalue weighted by molar-refractivity contribution is 0.553. The van der Waals surface area contributed by atoms with Crippen LogP contribution in [-0.4, -0.2) is 15.2 Å². The van der Waals surface area contributed by atoms with Gasteiger partial charge in [-0.05, 0) is 24.1 Å². The van der Waals surface area contributed by atoms with Gasteiger partial charge in [-0.15, -0.1) is 0 Å². The molecule has 0 amide bonds. The van der Waals surface area contributed by atoms with Gasteiger partial charge in [-0.2, -0.15) is 5.10 Å². The van der Waals surface area contributed by atoms with Crippen LogP contribution in [0.3, 0.4) is 0 Å². The monoisotopic (exact) mass is 233 g/mol. The van der Waals surface area contributed by atoms with Gasteiger partial charge in [0.25, 0.3) is 0 Å². The van der Waals surface area contributed by atoms with Crippen molar-refractivity contribution in [3.8, 4) is 0 Å². The smallest absolute Gasteiger partial charge is 0.123 e. The maximum absolute atomic E-state index is 5.75. The fourth-order valence-corrected chi connectivity index (χ4v) is 1.70. The fraction of sp³-hybridized carbons (Fsp3) is 0.200. The van der Waals surface area contributed by atoms with Crippen LogP contribution in [0.1, 0.15) is 17.2 Å². The summed E-state index contributed by atoms with van der Waals surface area (Å²) < 4.78 is 0. The Morgan fingerprint density at radius 3 is 2.82 bits per heavy atom. The second-order valence-corrected chi connectivity index (χ2v) is 3.75. The van der Waals surface area contributed by atoms with Gasteiger partial charge in [0.05, 0.1) is 12.2 Å². The Kier molecular flexibility index (Phi) is 3.22. The van der Waals surface area contributed by atoms with Gasteiger partial charge >= 0.3 is 0 Å². The third kappa shape index (κ3) is 2.52. The SMILES string of the molecule is NNC(Cc1ccnc(N)c1)c1cn[nH]c1N. The number of anilines is 2. The lowest BCUT2D eigenvalue weighted by Gasteiger charge is -2.15. The first-order chi connectivity index (χ1) is 8.20. The van der Waals surface area contributed by atoms with Crippen LogP contribution in [0.15, 0.2) is 24.5 Å². The normalized spacial score (nSPS) is 12.5. The molecule has 0 aliphatic carbocycles. The summed E-state index contributed by atoms with van der Waals surface area (Å²) in [6, 6.07) is 3.58. The minimum atomic E-state index is -0.115. The molecule has 1 unspecified atom stereocenters. The van der Waals surface area contributed by atoms with Crippen LogP contribution < -0.4 is 22.7 Å². The molecule has 0 saturated carbocycles. The largest absolute Gasteiger partial charge is 0.384 e. The molecule has 0 aliphatic rings. The summed E-state index contributed by atoms with van der Waals surface area (Å²) in [5.41, 5.74) is 15.9. The zero-order valence-corrected chi connectivity index (χ0v) is 9.22. The topological polar surface area (TPSA) is 132 Å². The summed E-state index contributed by atoms with van der Waals surface area (Å²) in [6.45, 7) is 0. The second-order valence-electron chi connectivity index (χ2n) is 3.75. The number of hydrazine groups is 1. The summed E-state index contributed by atoms with van der Waals surface area (Å²) in [7, 11) is 0. The zero-order valence-electron chi connectivity index (χ0n) is 9.22. The number of rotatable bonds is 4. The van der Waals surface area contributed by atoms with Gasteiger partial charge in [-0.1, -0.05) is 0 Å². The number of H-pyrrole nitrogens is 1. The first-order valence-corrected chi connectivity index (χ1v) is 5.16. The molecule has 0 radical (unpaired) electrons. The second kappa shape index (κ2) is 4.81. The van der Waals surface area contributed by atoms with E-state index in [2.05, 4.69) is 20.6 Å². The molecule has 0 bridgehead atoms. The Morgan fingerprint density at radius 1 is 1.41 bits per heavy atom. The van der Waals surface area contributed by atoms with E-state index < -0.39 is 0 Å². The minimum absolute atomic E-state index is 0.115. The van der Waals surface area contributed by atoms with Gasteiger partial charge in [0.15, 0.2) is 0 Å². The molecule has 7 heteroatoms. The van der Waals surface area contributed by atoms with E-state index in [0.717, 1.165) is 11.1 Å². The molecule has 17 heavy (non-hydrogen) atoms. The molecule has 2 rings (SSSR count). The van der Waals surface area contributed by atoms with Crippen LogP contribution in [0.5, 0.6) is 0 Å². The summed E-state index contributed by atoms with van der Waals surface area (Å²) in [6.07, 6.45) is 3.98. The fourth-order valence-electron chi connectivity index (χ4n) is 1.70. The molecule has 2 aromatic heterocycles. The highest BCUT2D eigenvalue weighted by Gasteiger charge is 2.15. The van der Waals surface area contributed by atoms with Crippen molar-refractivity contribution in [3.05, 3.63) is 35.7 Å². The van der Waals surface area contributed by atoms with Crippen LogP contribution in [0, 0.1) is 0 Å². The third-order valence-corrected chi connectivity index (χ3v) is 2.56. The molecule has 0 saturated heterocycles. The highest BCUT2D eigenvalue weighted by Crippen LogP contribution is 2.21. The van der Waals surface area contributed by atoms with Gasteiger partial charge in [-0.25, -0.2) is 4.98 Å². The molecule has 0 aliphatic heterocycles. The molecule has 1 atom stereocenters. The number of nitrogen functional groups attached to an aromatic ring is 2. The number of aromatic amines is 1. The van der Waals surface area contributed by atoms with Crippen molar-refractivity contribution in [1.82, 2.24) is 20.6 Å². The number of nitrogens with one attached hydrogen (secondary N) is 2. The quantitative estimate of drug-likeness (QED) is 0.364. The number of nitrogens with two attached hydrogens (primary N) is 3. The van der Waals surface area contributed by atoms with Crippen LogP contribution in [0.4, 0.5) is 11.6 Å². The van der Waals surface area contributed by atoms with Crippen molar-refractivity contribution in [3.63, 3.8) is 0 Å². The van der Waals surface area contributed by atoms with E-state index in [9.17, 15) is 0 Å². The lowest BCUT2D eigenvalue weighted by Crippen LogP contribution is -2.29. The first-order valence-electron chi connectivity index (χ1n) is 5.16. The molecular formula is C10H15N7. The van der Waals surface area contributed by atoms with Crippen LogP contribution >= 0.6 is 0 Å². The molecule has 0 fully saturated rings. The Hall–Kier alpha value is -2.12. The minimum Gasteiger partial charge on any atom is -0.384 e. The van der Waals surface area contributed by atoms with Gasteiger partial charge < -0.3 is 11.5 Å². The van der Waals surface area contributed by atoms with E-state index in [1.54, 1.807) is 18.5 Å². The number of pyridine rings is 1. The summed E-state index contributed by atoms with van der Waals surface area (Å²) in [5, 5.41) is 6.54. The number of hydrogen-bond donors (Lipinski definition) is 5. The van der Waals surface area contributed by atoms with Crippen molar-refractivity contribution >= 4 is 11.6 Å². The van der Waals surface area contributed by atoms with Gasteiger partial charge in [-0.3, -0.25) is 16.4 Å². The van der Waals surface area contributed by atoms with Crippen molar-refractivity contribution in [1.29, 1.82) is 0 Å². The van der Waals surface area contributed by atoms with Gasteiger partial charge in [0.1, 0.15) is 11.6 Å². The Bertz CT molecular complexity index is 493. The standard InChI is InChI=1S/C10H15N7/c11-9-4-6(1-2-14-9)3-8(16-13)7-5-15-17-10(7)12/h1-2,4-5,8,16H,3,13H2,(H2,11,14)(H3,12,15,17). The van der Waals surface area contributed by atoms with E-state index in [1.165, 1.54) is 0 Å². The van der Waals surface area contributed by atoms with E-state index >= 15 is 0 Å². The summed E-state index contributed by atoms with van der Waals surface area (Å²) in [5.74, 6) is 6.52. The average Bonchev–Trinajstić information content (AvgIpc) is 2.72. The molecule has 0 aromatic carbocycles. The molecule has 2 heterocycles. The number of nitrogens with zero attached hydrogens (tertiary/aromatic N) is 2. The van der Waals surface area contributed by atoms with Crippen molar-refractivity contribution in [2.75, 3.05) is 11.5 Å². The summed E-state index contributed by atoms with van der Waals surface area (Å²) >= 11 is 0. The predicted molar refractivity (Wildman–Crippen MR) is 65.4 cm³/mol. The lowest BCUT2D eigenvalue weighted by atomic mass is 10.0. The van der Waals surface area contributed by atoms with Crippen molar-refractivity contribution < 1.29 is 0 Å².